The van der Waals surface area contributed by atoms with E-state index in [4.69, 9.17) is 34.8 Å². The predicted molar refractivity (Wildman–Crippen MR) is 143 cm³/mol. The second-order valence-electron chi connectivity index (χ2n) is 9.62. The van der Waals surface area contributed by atoms with Crippen LogP contribution in [0.5, 0.6) is 0 Å². The molecule has 2 aromatic rings. The van der Waals surface area contributed by atoms with Gasteiger partial charge in [0.05, 0.1) is 10.0 Å². The van der Waals surface area contributed by atoms with Crippen molar-refractivity contribution in [2.24, 2.45) is 5.92 Å². The largest absolute Gasteiger partial charge is 0.343 e. The number of hydrogen-bond donors (Lipinski definition) is 0. The molecule has 4 rings (SSSR count). The van der Waals surface area contributed by atoms with Crippen molar-refractivity contribution in [3.63, 3.8) is 0 Å². The Morgan fingerprint density at radius 1 is 0.861 bits per heavy atom. The highest BCUT2D eigenvalue weighted by Gasteiger charge is 2.39. The van der Waals surface area contributed by atoms with E-state index in [9.17, 15) is 14.4 Å². The van der Waals surface area contributed by atoms with Crippen LogP contribution in [0.2, 0.25) is 15.1 Å². The predicted octanol–water partition coefficient (Wildman–Crippen LogP) is 5.36. The third-order valence-corrected chi connectivity index (χ3v) is 8.45. The van der Waals surface area contributed by atoms with Crippen LogP contribution in [-0.2, 0) is 9.59 Å². The van der Waals surface area contributed by atoms with Crippen molar-refractivity contribution in [3.05, 3.63) is 68.7 Å². The van der Waals surface area contributed by atoms with E-state index >= 15 is 0 Å². The summed E-state index contributed by atoms with van der Waals surface area (Å²) >= 11 is 18.5. The van der Waals surface area contributed by atoms with E-state index in [0.717, 1.165) is 5.56 Å². The van der Waals surface area contributed by atoms with Gasteiger partial charge in [-0.1, -0.05) is 40.9 Å². The van der Waals surface area contributed by atoms with Gasteiger partial charge in [0.1, 0.15) is 0 Å². The molecule has 2 aromatic carbocycles. The average molecular weight is 551 g/mol. The lowest BCUT2D eigenvalue weighted by atomic mass is 9.83. The van der Waals surface area contributed by atoms with Gasteiger partial charge in [0.15, 0.2) is 0 Å². The van der Waals surface area contributed by atoms with Crippen molar-refractivity contribution in [2.75, 3.05) is 33.2 Å². The fraction of sp³-hybridized carbons (Fsp3) is 0.444. The van der Waals surface area contributed by atoms with Crippen molar-refractivity contribution in [2.45, 2.75) is 38.1 Å². The molecule has 2 saturated heterocycles. The molecule has 0 bridgehead atoms. The second kappa shape index (κ2) is 11.4. The lowest BCUT2D eigenvalue weighted by Crippen LogP contribution is -2.53. The Hall–Kier alpha value is -2.28. The standard InChI is InChI=1S/C27H30Cl3N3O3/c1-17(34)32-12-9-19(10-13-32)27(36)33-14-11-25(22(16-33)20-5-8-23(29)24(30)15-20)31(2)26(35)18-3-6-21(28)7-4-18/h3-8,15,19,22,25H,9-14,16H2,1-2H3/t22-,25?/m0/s1. The first-order valence-electron chi connectivity index (χ1n) is 12.2. The molecule has 192 valence electrons. The van der Waals surface area contributed by atoms with Crippen LogP contribution < -0.4 is 0 Å². The summed E-state index contributed by atoms with van der Waals surface area (Å²) in [5.74, 6) is -0.155. The van der Waals surface area contributed by atoms with Gasteiger partial charge in [0, 0.05) is 68.6 Å². The topological polar surface area (TPSA) is 60.9 Å². The lowest BCUT2D eigenvalue weighted by Gasteiger charge is -2.44. The van der Waals surface area contributed by atoms with Crippen LogP contribution in [0.4, 0.5) is 0 Å². The summed E-state index contributed by atoms with van der Waals surface area (Å²) < 4.78 is 0. The Morgan fingerprint density at radius 3 is 2.11 bits per heavy atom. The molecule has 2 aliphatic rings. The Kier molecular flexibility index (Phi) is 8.48. The molecular formula is C27H30Cl3N3O3. The molecule has 6 nitrogen and oxygen atoms in total. The minimum absolute atomic E-state index is 0.0507. The molecule has 0 N–H and O–H groups in total. The fourth-order valence-electron chi connectivity index (χ4n) is 5.32. The number of halogens is 3. The molecule has 0 aromatic heterocycles. The Labute approximate surface area is 227 Å². The van der Waals surface area contributed by atoms with Gasteiger partial charge in [-0.25, -0.2) is 0 Å². The van der Waals surface area contributed by atoms with Gasteiger partial charge in [-0.2, -0.15) is 0 Å². The maximum absolute atomic E-state index is 13.5. The minimum atomic E-state index is -0.131. The van der Waals surface area contributed by atoms with Crippen molar-refractivity contribution in [3.8, 4) is 0 Å². The quantitative estimate of drug-likeness (QED) is 0.515. The third-order valence-electron chi connectivity index (χ3n) is 7.46. The summed E-state index contributed by atoms with van der Waals surface area (Å²) in [5.41, 5.74) is 1.50. The number of rotatable bonds is 4. The number of carbonyl (C=O) groups is 3. The molecule has 2 aliphatic heterocycles. The Morgan fingerprint density at radius 2 is 1.50 bits per heavy atom. The first kappa shape index (κ1) is 26.8. The van der Waals surface area contributed by atoms with E-state index in [1.807, 2.05) is 17.0 Å². The molecule has 0 aliphatic carbocycles. The maximum Gasteiger partial charge on any atom is 0.253 e. The fourth-order valence-corrected chi connectivity index (χ4v) is 5.75. The van der Waals surface area contributed by atoms with Crippen molar-refractivity contribution >= 4 is 52.5 Å². The lowest BCUT2D eigenvalue weighted by molar-refractivity contribution is -0.141. The zero-order valence-corrected chi connectivity index (χ0v) is 22.7. The van der Waals surface area contributed by atoms with Crippen LogP contribution in [0.1, 0.15) is 48.0 Å². The molecule has 36 heavy (non-hydrogen) atoms. The second-order valence-corrected chi connectivity index (χ2v) is 10.9. The number of benzene rings is 2. The van der Waals surface area contributed by atoms with Crippen LogP contribution in [-0.4, -0.2) is 71.7 Å². The molecule has 1 unspecified atom stereocenters. The highest BCUT2D eigenvalue weighted by atomic mass is 35.5. The molecule has 2 atom stereocenters. The summed E-state index contributed by atoms with van der Waals surface area (Å²) in [4.78, 5) is 44.0. The first-order chi connectivity index (χ1) is 17.2. The molecular weight excluding hydrogens is 521 g/mol. The number of likely N-dealkylation sites (tertiary alicyclic amines) is 2. The Balaban J connectivity index is 1.55. The summed E-state index contributed by atoms with van der Waals surface area (Å²) in [6.45, 7) is 3.82. The van der Waals surface area contributed by atoms with E-state index in [0.29, 0.717) is 66.1 Å². The van der Waals surface area contributed by atoms with Gasteiger partial charge < -0.3 is 14.7 Å². The Bertz CT molecular complexity index is 1130. The molecule has 0 spiro atoms. The van der Waals surface area contributed by atoms with E-state index in [-0.39, 0.29) is 35.6 Å². The SMILES string of the molecule is CC(=O)N1CCC(C(=O)N2CCC(N(C)C(=O)c3ccc(Cl)cc3)[C@H](c3ccc(Cl)c(Cl)c3)C2)CC1. The number of carbonyl (C=O) groups excluding carboxylic acids is 3. The maximum atomic E-state index is 13.5. The summed E-state index contributed by atoms with van der Waals surface area (Å²) in [6.07, 6.45) is 1.98. The van der Waals surface area contributed by atoms with Crippen LogP contribution in [0, 0.1) is 5.92 Å². The van der Waals surface area contributed by atoms with Crippen LogP contribution in [0.3, 0.4) is 0 Å². The van der Waals surface area contributed by atoms with Gasteiger partial charge in [-0.05, 0) is 61.2 Å². The van der Waals surface area contributed by atoms with Crippen molar-refractivity contribution < 1.29 is 14.4 Å². The number of hydrogen-bond acceptors (Lipinski definition) is 3. The zero-order chi connectivity index (χ0) is 26.0. The smallest absolute Gasteiger partial charge is 0.253 e. The van der Waals surface area contributed by atoms with Crippen LogP contribution in [0.25, 0.3) is 0 Å². The molecule has 0 saturated carbocycles. The molecule has 0 radical (unpaired) electrons. The normalized spacial score (nSPS) is 20.8. The minimum Gasteiger partial charge on any atom is -0.343 e. The van der Waals surface area contributed by atoms with Gasteiger partial charge >= 0.3 is 0 Å². The van der Waals surface area contributed by atoms with Crippen LogP contribution >= 0.6 is 34.8 Å². The van der Waals surface area contributed by atoms with Gasteiger partial charge in [0.2, 0.25) is 11.8 Å². The first-order valence-corrected chi connectivity index (χ1v) is 13.3. The van der Waals surface area contributed by atoms with E-state index < -0.39 is 0 Å². The number of amides is 3. The van der Waals surface area contributed by atoms with Crippen molar-refractivity contribution in [1.29, 1.82) is 0 Å². The molecule has 3 amide bonds. The highest BCUT2D eigenvalue weighted by Crippen LogP contribution is 2.35. The summed E-state index contributed by atoms with van der Waals surface area (Å²) in [7, 11) is 1.81. The van der Waals surface area contributed by atoms with E-state index in [2.05, 4.69) is 0 Å². The van der Waals surface area contributed by atoms with E-state index in [1.165, 1.54) is 0 Å². The molecule has 2 heterocycles. The molecule has 2 fully saturated rings. The average Bonchev–Trinajstić information content (AvgIpc) is 2.89. The van der Waals surface area contributed by atoms with Gasteiger partial charge in [0.25, 0.3) is 5.91 Å². The zero-order valence-electron chi connectivity index (χ0n) is 20.4. The monoisotopic (exact) mass is 549 g/mol. The number of nitrogens with zero attached hydrogens (tertiary/aromatic N) is 3. The summed E-state index contributed by atoms with van der Waals surface area (Å²) in [5, 5.41) is 1.48. The van der Waals surface area contributed by atoms with Crippen LogP contribution in [0.15, 0.2) is 42.5 Å². The third kappa shape index (κ3) is 5.82. The highest BCUT2D eigenvalue weighted by molar-refractivity contribution is 6.42. The molecule has 9 heteroatoms. The van der Waals surface area contributed by atoms with Gasteiger partial charge in [-0.15, -0.1) is 0 Å². The van der Waals surface area contributed by atoms with Gasteiger partial charge in [-0.3, -0.25) is 14.4 Å². The number of likely N-dealkylation sites (N-methyl/N-ethyl adjacent to an activating group) is 1. The summed E-state index contributed by atoms with van der Waals surface area (Å²) in [6, 6.07) is 12.2. The number of piperidine rings is 2. The van der Waals surface area contributed by atoms with E-state index in [1.54, 1.807) is 54.1 Å². The van der Waals surface area contributed by atoms with Crippen molar-refractivity contribution in [1.82, 2.24) is 14.7 Å².